The van der Waals surface area contributed by atoms with Crippen LogP contribution in [0.5, 0.6) is 0 Å². The molecule has 0 fully saturated rings. The van der Waals surface area contributed by atoms with E-state index >= 15 is 0 Å². The van der Waals surface area contributed by atoms with Crippen LogP contribution in [0.3, 0.4) is 0 Å². The molecule has 4 N–H and O–H groups in total. The van der Waals surface area contributed by atoms with E-state index in [1.165, 1.54) is 0 Å². The van der Waals surface area contributed by atoms with Crippen molar-refractivity contribution in [2.75, 3.05) is 0 Å². The van der Waals surface area contributed by atoms with Gasteiger partial charge < -0.3 is 11.5 Å². The Morgan fingerprint density at radius 1 is 1.06 bits per heavy atom. The Hall–Kier alpha value is -1.00. The van der Waals surface area contributed by atoms with Gasteiger partial charge in [-0.3, -0.25) is 9.97 Å². The van der Waals surface area contributed by atoms with Gasteiger partial charge in [0.1, 0.15) is 0 Å². The van der Waals surface area contributed by atoms with Crippen molar-refractivity contribution >= 4 is 0 Å². The van der Waals surface area contributed by atoms with E-state index in [0.717, 1.165) is 31.4 Å². The summed E-state index contributed by atoms with van der Waals surface area (Å²) >= 11 is 0. The normalized spacial score (nSPS) is 16.5. The molecule has 0 aliphatic carbocycles. The summed E-state index contributed by atoms with van der Waals surface area (Å²) in [6, 6.07) is 0.428. The van der Waals surface area contributed by atoms with Gasteiger partial charge in [0.25, 0.3) is 0 Å². The molecular formula is C13H24N4. The van der Waals surface area contributed by atoms with Gasteiger partial charge in [0.05, 0.1) is 5.69 Å². The molecule has 0 saturated carbocycles. The molecule has 1 heterocycles. The average molecular weight is 236 g/mol. The van der Waals surface area contributed by atoms with Gasteiger partial charge in [0.2, 0.25) is 0 Å². The summed E-state index contributed by atoms with van der Waals surface area (Å²) in [5.74, 6) is 0.327. The van der Waals surface area contributed by atoms with E-state index < -0.39 is 0 Å². The van der Waals surface area contributed by atoms with E-state index in [-0.39, 0.29) is 12.1 Å². The topological polar surface area (TPSA) is 77.8 Å². The predicted molar refractivity (Wildman–Crippen MR) is 70.5 cm³/mol. The lowest BCUT2D eigenvalue weighted by molar-refractivity contribution is 0.440. The molecule has 0 radical (unpaired) electrons. The molecule has 96 valence electrons. The lowest BCUT2D eigenvalue weighted by Gasteiger charge is -2.22. The highest BCUT2D eigenvalue weighted by Gasteiger charge is 2.18. The summed E-state index contributed by atoms with van der Waals surface area (Å²) in [6.45, 7) is 4.22. The molecule has 0 aliphatic heterocycles. The minimum absolute atomic E-state index is 0.214. The summed E-state index contributed by atoms with van der Waals surface area (Å²) in [5, 5.41) is 0. The average Bonchev–Trinajstić information content (AvgIpc) is 2.38. The number of nitrogens with two attached hydrogens (primary N) is 2. The number of hydrogen-bond acceptors (Lipinski definition) is 4. The van der Waals surface area contributed by atoms with Crippen molar-refractivity contribution in [2.24, 2.45) is 11.5 Å². The summed E-state index contributed by atoms with van der Waals surface area (Å²) < 4.78 is 0. The first kappa shape index (κ1) is 14.1. The Kier molecular flexibility index (Phi) is 6.08. The van der Waals surface area contributed by atoms with Crippen LogP contribution < -0.4 is 11.5 Å². The van der Waals surface area contributed by atoms with Crippen molar-refractivity contribution in [3.63, 3.8) is 0 Å². The molecule has 1 aromatic heterocycles. The van der Waals surface area contributed by atoms with Crippen LogP contribution in [0, 0.1) is 0 Å². The quantitative estimate of drug-likeness (QED) is 0.757. The SMILES string of the molecule is CCC(N)CC(CC(N)CC)c1cnccn1. The van der Waals surface area contributed by atoms with E-state index in [1.807, 2.05) is 6.20 Å². The van der Waals surface area contributed by atoms with Gasteiger partial charge in [0, 0.05) is 36.6 Å². The van der Waals surface area contributed by atoms with Crippen molar-refractivity contribution in [1.82, 2.24) is 9.97 Å². The Morgan fingerprint density at radius 2 is 1.65 bits per heavy atom. The van der Waals surface area contributed by atoms with Gasteiger partial charge in [-0.1, -0.05) is 13.8 Å². The third kappa shape index (κ3) is 4.79. The van der Waals surface area contributed by atoms with Crippen molar-refractivity contribution < 1.29 is 0 Å². The van der Waals surface area contributed by atoms with E-state index in [2.05, 4.69) is 23.8 Å². The minimum atomic E-state index is 0.214. The molecule has 0 aromatic carbocycles. The lowest BCUT2D eigenvalue weighted by Crippen LogP contribution is -2.27. The molecule has 2 unspecified atom stereocenters. The van der Waals surface area contributed by atoms with Crippen molar-refractivity contribution in [3.8, 4) is 0 Å². The molecule has 17 heavy (non-hydrogen) atoms. The highest BCUT2D eigenvalue weighted by Crippen LogP contribution is 2.24. The van der Waals surface area contributed by atoms with Crippen LogP contribution in [0.4, 0.5) is 0 Å². The van der Waals surface area contributed by atoms with Gasteiger partial charge in [0.15, 0.2) is 0 Å². The summed E-state index contributed by atoms with van der Waals surface area (Å²) in [6.07, 6.45) is 9.09. The van der Waals surface area contributed by atoms with E-state index in [0.29, 0.717) is 5.92 Å². The van der Waals surface area contributed by atoms with Gasteiger partial charge in [-0.05, 0) is 25.7 Å². The molecule has 1 aromatic rings. The lowest BCUT2D eigenvalue weighted by atomic mass is 9.89. The Balaban J connectivity index is 2.72. The fourth-order valence-corrected chi connectivity index (χ4v) is 1.92. The van der Waals surface area contributed by atoms with E-state index in [4.69, 9.17) is 11.5 Å². The Morgan fingerprint density at radius 3 is 2.06 bits per heavy atom. The first-order valence-electron chi connectivity index (χ1n) is 6.44. The third-order valence-corrected chi connectivity index (χ3v) is 3.22. The second-order valence-corrected chi connectivity index (χ2v) is 4.64. The summed E-state index contributed by atoms with van der Waals surface area (Å²) in [5.41, 5.74) is 13.1. The zero-order chi connectivity index (χ0) is 12.7. The maximum absolute atomic E-state index is 6.04. The van der Waals surface area contributed by atoms with E-state index in [1.54, 1.807) is 12.4 Å². The van der Waals surface area contributed by atoms with E-state index in [9.17, 15) is 0 Å². The van der Waals surface area contributed by atoms with Crippen LogP contribution in [-0.4, -0.2) is 22.1 Å². The standard InChI is InChI=1S/C13H24N4/c1-3-11(14)7-10(8-12(15)4-2)13-9-16-5-6-17-13/h5-6,9-12H,3-4,7-8,14-15H2,1-2H3. The van der Waals surface area contributed by atoms with Crippen LogP contribution in [0.2, 0.25) is 0 Å². The molecule has 0 saturated heterocycles. The number of nitrogens with zero attached hydrogens (tertiary/aromatic N) is 2. The maximum Gasteiger partial charge on any atom is 0.0618 e. The summed E-state index contributed by atoms with van der Waals surface area (Å²) in [4.78, 5) is 8.51. The van der Waals surface area contributed by atoms with Crippen molar-refractivity contribution in [2.45, 2.75) is 57.5 Å². The Bertz CT molecular complexity index is 290. The van der Waals surface area contributed by atoms with Crippen molar-refractivity contribution in [1.29, 1.82) is 0 Å². The molecule has 2 atom stereocenters. The minimum Gasteiger partial charge on any atom is -0.328 e. The highest BCUT2D eigenvalue weighted by atomic mass is 14.8. The molecule has 0 bridgehead atoms. The smallest absolute Gasteiger partial charge is 0.0618 e. The maximum atomic E-state index is 6.04. The molecule has 4 heteroatoms. The predicted octanol–water partition coefficient (Wildman–Crippen LogP) is 1.81. The molecule has 0 aliphatic rings. The summed E-state index contributed by atoms with van der Waals surface area (Å²) in [7, 11) is 0. The second-order valence-electron chi connectivity index (χ2n) is 4.64. The largest absolute Gasteiger partial charge is 0.328 e. The zero-order valence-corrected chi connectivity index (χ0v) is 10.8. The first-order chi connectivity index (χ1) is 8.17. The molecule has 0 amide bonds. The monoisotopic (exact) mass is 236 g/mol. The van der Waals surface area contributed by atoms with Crippen molar-refractivity contribution in [3.05, 3.63) is 24.3 Å². The number of hydrogen-bond donors (Lipinski definition) is 2. The second kappa shape index (κ2) is 7.35. The van der Waals surface area contributed by atoms with Gasteiger partial charge in [-0.25, -0.2) is 0 Å². The van der Waals surface area contributed by atoms with Crippen LogP contribution in [-0.2, 0) is 0 Å². The van der Waals surface area contributed by atoms with Gasteiger partial charge in [-0.2, -0.15) is 0 Å². The molecule has 0 spiro atoms. The first-order valence-corrected chi connectivity index (χ1v) is 6.44. The van der Waals surface area contributed by atoms with Crippen LogP contribution >= 0.6 is 0 Å². The fourth-order valence-electron chi connectivity index (χ4n) is 1.92. The van der Waals surface area contributed by atoms with Gasteiger partial charge in [-0.15, -0.1) is 0 Å². The van der Waals surface area contributed by atoms with Gasteiger partial charge >= 0.3 is 0 Å². The molecule has 4 nitrogen and oxygen atoms in total. The van der Waals surface area contributed by atoms with Crippen LogP contribution in [0.25, 0.3) is 0 Å². The zero-order valence-electron chi connectivity index (χ0n) is 10.8. The Labute approximate surface area is 104 Å². The molecule has 1 rings (SSSR count). The van der Waals surface area contributed by atoms with Crippen LogP contribution in [0.15, 0.2) is 18.6 Å². The fraction of sp³-hybridized carbons (Fsp3) is 0.692. The van der Waals surface area contributed by atoms with Crippen LogP contribution in [0.1, 0.15) is 51.1 Å². The molecular weight excluding hydrogens is 212 g/mol. The number of rotatable bonds is 7. The number of aromatic nitrogens is 2. The highest BCUT2D eigenvalue weighted by molar-refractivity contribution is 5.05. The third-order valence-electron chi connectivity index (χ3n) is 3.22.